The summed E-state index contributed by atoms with van der Waals surface area (Å²) >= 11 is 2.21. The van der Waals surface area contributed by atoms with Crippen LogP contribution in [0.3, 0.4) is 0 Å². The van der Waals surface area contributed by atoms with Gasteiger partial charge >= 0.3 is 0 Å². The van der Waals surface area contributed by atoms with Crippen LogP contribution in [-0.2, 0) is 9.59 Å². The van der Waals surface area contributed by atoms with E-state index in [2.05, 4.69) is 33.2 Å². The summed E-state index contributed by atoms with van der Waals surface area (Å²) in [6.45, 7) is 6.33. The quantitative estimate of drug-likeness (QED) is 0.632. The summed E-state index contributed by atoms with van der Waals surface area (Å²) in [5.74, 6) is -0.153. The third-order valence-electron chi connectivity index (χ3n) is 2.57. The number of nitrogens with one attached hydrogen (secondary N) is 3. The number of amides is 2. The Balaban J connectivity index is 2.40. The predicted octanol–water partition coefficient (Wildman–Crippen LogP) is 0.659. The van der Waals surface area contributed by atoms with E-state index in [-0.39, 0.29) is 30.4 Å². The van der Waals surface area contributed by atoms with E-state index in [9.17, 15) is 9.59 Å². The summed E-state index contributed by atoms with van der Waals surface area (Å²) in [5.41, 5.74) is 0.522. The second-order valence-electron chi connectivity index (χ2n) is 6.16. The molecule has 0 aromatic heterocycles. The van der Waals surface area contributed by atoms with Crippen LogP contribution in [0.25, 0.3) is 0 Å². The van der Waals surface area contributed by atoms with E-state index in [1.807, 2.05) is 52.1 Å². The lowest BCUT2D eigenvalue weighted by molar-refractivity contribution is -0.862. The molecule has 0 fully saturated rings. The van der Waals surface area contributed by atoms with Gasteiger partial charge in [-0.05, 0) is 67.6 Å². The maximum atomic E-state index is 11.9. The summed E-state index contributed by atoms with van der Waals surface area (Å²) in [7, 11) is 1.83. The zero-order valence-corrected chi connectivity index (χ0v) is 15.1. The highest BCUT2D eigenvalue weighted by molar-refractivity contribution is 14.1. The summed E-state index contributed by atoms with van der Waals surface area (Å²) in [4.78, 5) is 24.5. The molecule has 116 valence electrons. The van der Waals surface area contributed by atoms with Gasteiger partial charge in [-0.2, -0.15) is 0 Å². The van der Waals surface area contributed by atoms with Crippen molar-refractivity contribution in [3.63, 3.8) is 0 Å². The second kappa shape index (κ2) is 7.74. The molecule has 0 aliphatic carbocycles. The largest absolute Gasteiger partial charge is 0.347 e. The highest BCUT2D eigenvalue weighted by Crippen LogP contribution is 2.10. The number of rotatable bonds is 5. The maximum absolute atomic E-state index is 11.9. The molecule has 0 heterocycles. The molecule has 0 radical (unpaired) electrons. The smallest absolute Gasteiger partial charge is 0.279 e. The molecular weight excluding hydrogens is 381 g/mol. The van der Waals surface area contributed by atoms with Crippen molar-refractivity contribution >= 4 is 40.1 Å². The molecule has 0 saturated carbocycles. The Kier molecular flexibility index (Phi) is 6.60. The number of carbonyl (C=O) groups is 2. The predicted molar refractivity (Wildman–Crippen MR) is 92.3 cm³/mol. The van der Waals surface area contributed by atoms with Gasteiger partial charge < -0.3 is 15.5 Å². The van der Waals surface area contributed by atoms with E-state index < -0.39 is 0 Å². The molecule has 5 nitrogen and oxygen atoms in total. The van der Waals surface area contributed by atoms with Crippen LogP contribution >= 0.6 is 22.6 Å². The molecule has 1 unspecified atom stereocenters. The van der Waals surface area contributed by atoms with Gasteiger partial charge in [0.2, 0.25) is 0 Å². The summed E-state index contributed by atoms with van der Waals surface area (Å²) in [6.07, 6.45) is 0. The Bertz CT molecular complexity index is 495. The fourth-order valence-electron chi connectivity index (χ4n) is 1.81. The average molecular weight is 404 g/mol. The van der Waals surface area contributed by atoms with E-state index in [0.29, 0.717) is 0 Å². The first-order valence-corrected chi connectivity index (χ1v) is 7.91. The Morgan fingerprint density at radius 2 is 1.62 bits per heavy atom. The van der Waals surface area contributed by atoms with Gasteiger partial charge in [-0.15, -0.1) is 0 Å². The van der Waals surface area contributed by atoms with Gasteiger partial charge in [0.25, 0.3) is 11.8 Å². The van der Waals surface area contributed by atoms with Gasteiger partial charge in [-0.25, -0.2) is 0 Å². The van der Waals surface area contributed by atoms with E-state index in [0.717, 1.165) is 14.2 Å². The molecule has 21 heavy (non-hydrogen) atoms. The van der Waals surface area contributed by atoms with Crippen LogP contribution in [0.2, 0.25) is 0 Å². The van der Waals surface area contributed by atoms with Gasteiger partial charge in [-0.1, -0.05) is 0 Å². The van der Waals surface area contributed by atoms with Crippen LogP contribution in [0.5, 0.6) is 0 Å². The van der Waals surface area contributed by atoms with E-state index in [1.54, 1.807) is 0 Å². The van der Waals surface area contributed by atoms with Crippen LogP contribution in [-0.4, -0.2) is 37.5 Å². The molecule has 0 bridgehead atoms. The molecule has 6 heteroatoms. The van der Waals surface area contributed by atoms with Crippen LogP contribution < -0.4 is 15.5 Å². The number of carbonyl (C=O) groups excluding carboxylic acids is 2. The first kappa shape index (κ1) is 17.9. The molecule has 0 spiro atoms. The lowest BCUT2D eigenvalue weighted by atomic mass is 10.1. The van der Waals surface area contributed by atoms with Crippen LogP contribution in [0.15, 0.2) is 24.3 Å². The molecule has 1 atom stereocenters. The van der Waals surface area contributed by atoms with Gasteiger partial charge in [0.1, 0.15) is 0 Å². The van der Waals surface area contributed by atoms with Gasteiger partial charge in [0.05, 0.1) is 7.05 Å². The van der Waals surface area contributed by atoms with Crippen molar-refractivity contribution in [3.05, 3.63) is 27.8 Å². The molecule has 1 aromatic rings. The highest BCUT2D eigenvalue weighted by Gasteiger charge is 2.18. The second-order valence-corrected chi connectivity index (χ2v) is 7.41. The molecular formula is C15H23IN3O2+. The number of anilines is 1. The minimum Gasteiger partial charge on any atom is -0.347 e. The first-order valence-electron chi connectivity index (χ1n) is 6.83. The summed E-state index contributed by atoms with van der Waals surface area (Å²) < 4.78 is 1.12. The molecule has 1 rings (SSSR count). The third kappa shape index (κ3) is 8.01. The lowest BCUT2D eigenvalue weighted by Gasteiger charge is -2.21. The zero-order chi connectivity index (χ0) is 16.0. The van der Waals surface area contributed by atoms with Crippen molar-refractivity contribution in [2.45, 2.75) is 26.3 Å². The zero-order valence-electron chi connectivity index (χ0n) is 12.9. The number of likely N-dealkylation sites (N-methyl/N-ethyl adjacent to an activating group) is 1. The molecule has 1 aromatic carbocycles. The van der Waals surface area contributed by atoms with Crippen molar-refractivity contribution < 1.29 is 14.5 Å². The van der Waals surface area contributed by atoms with Crippen LogP contribution in [0, 0.1) is 3.57 Å². The Labute approximate surface area is 139 Å². The van der Waals surface area contributed by atoms with Gasteiger partial charge in [0.15, 0.2) is 13.1 Å². The molecule has 2 amide bonds. The summed E-state index contributed by atoms with van der Waals surface area (Å²) in [6, 6.07) is 7.59. The van der Waals surface area contributed by atoms with E-state index in [1.165, 1.54) is 0 Å². The fourth-order valence-corrected chi connectivity index (χ4v) is 2.17. The normalized spacial score (nSPS) is 12.6. The Hall–Kier alpha value is -1.15. The number of hydrogen-bond donors (Lipinski definition) is 3. The van der Waals surface area contributed by atoms with Crippen LogP contribution in [0.1, 0.15) is 20.8 Å². The lowest BCUT2D eigenvalue weighted by Crippen LogP contribution is -3.11. The molecule has 3 N–H and O–H groups in total. The Morgan fingerprint density at radius 1 is 1.10 bits per heavy atom. The molecule has 0 saturated heterocycles. The number of halogens is 1. The molecule has 0 aliphatic rings. The maximum Gasteiger partial charge on any atom is 0.279 e. The van der Waals surface area contributed by atoms with Gasteiger partial charge in [0, 0.05) is 14.8 Å². The molecule has 0 aliphatic heterocycles. The number of benzene rings is 1. The topological polar surface area (TPSA) is 62.6 Å². The minimum absolute atomic E-state index is 0.0536. The van der Waals surface area contributed by atoms with Crippen molar-refractivity contribution in [3.8, 4) is 0 Å². The van der Waals surface area contributed by atoms with Crippen molar-refractivity contribution in [2.75, 3.05) is 25.5 Å². The van der Waals surface area contributed by atoms with Crippen molar-refractivity contribution in [2.24, 2.45) is 0 Å². The Morgan fingerprint density at radius 3 is 2.14 bits per heavy atom. The van der Waals surface area contributed by atoms with Crippen molar-refractivity contribution in [1.29, 1.82) is 0 Å². The highest BCUT2D eigenvalue weighted by atomic mass is 127. The van der Waals surface area contributed by atoms with E-state index >= 15 is 0 Å². The van der Waals surface area contributed by atoms with Crippen molar-refractivity contribution in [1.82, 2.24) is 5.32 Å². The van der Waals surface area contributed by atoms with E-state index in [4.69, 9.17) is 0 Å². The van der Waals surface area contributed by atoms with Crippen LogP contribution in [0.4, 0.5) is 5.69 Å². The van der Waals surface area contributed by atoms with Gasteiger partial charge in [-0.3, -0.25) is 9.59 Å². The minimum atomic E-state index is -0.249. The number of hydrogen-bond acceptors (Lipinski definition) is 2. The standard InChI is InChI=1S/C15H22IN3O2/c1-15(2,3)18-14(21)10-19(4)9-13(20)17-12-7-5-11(16)6-8-12/h5-8H,9-10H2,1-4H3,(H,17,20)(H,18,21)/p+1. The first-order chi connectivity index (χ1) is 9.65. The SMILES string of the molecule is C[NH+](CC(=O)Nc1ccc(I)cc1)CC(=O)NC(C)(C)C. The average Bonchev–Trinajstić information content (AvgIpc) is 2.28. The summed E-state index contributed by atoms with van der Waals surface area (Å²) in [5, 5.41) is 5.71. The number of quaternary nitrogens is 1. The monoisotopic (exact) mass is 404 g/mol. The fraction of sp³-hybridized carbons (Fsp3) is 0.467. The third-order valence-corrected chi connectivity index (χ3v) is 3.29.